The molecule has 0 radical (unpaired) electrons. The van der Waals surface area contributed by atoms with E-state index < -0.39 is 10.0 Å². The van der Waals surface area contributed by atoms with E-state index in [9.17, 15) is 8.42 Å². The van der Waals surface area contributed by atoms with E-state index in [4.69, 9.17) is 21.5 Å². The Morgan fingerprint density at radius 2 is 2.04 bits per heavy atom. The van der Waals surface area contributed by atoms with Crippen molar-refractivity contribution in [2.24, 2.45) is 5.14 Å². The highest BCUT2D eigenvalue weighted by molar-refractivity contribution is 7.98. The summed E-state index contributed by atoms with van der Waals surface area (Å²) in [5.74, 6) is 1.39. The number of thioether (sulfide) groups is 1. The molecule has 0 spiro atoms. The van der Waals surface area contributed by atoms with Crippen LogP contribution in [0.15, 0.2) is 46.5 Å². The van der Waals surface area contributed by atoms with E-state index in [1.54, 1.807) is 31.0 Å². The van der Waals surface area contributed by atoms with Crippen LogP contribution in [-0.2, 0) is 22.3 Å². The average molecular weight is 426 g/mol. The molecule has 1 aromatic heterocycles. The standard InChI is InChI=1S/C18H20ClN3O3S2/c1-3-8-22-16-6-5-14(27(20,23)24)10-15(16)21-18(22)26-11-12-9-13(19)4-7-17(12)25-2/h4-7,9-10H,3,8,11H2,1-2H3,(H2,20,23,24). The fourth-order valence-electron chi connectivity index (χ4n) is 2.82. The minimum absolute atomic E-state index is 0.0595. The number of aromatic nitrogens is 2. The van der Waals surface area contributed by atoms with Crippen molar-refractivity contribution >= 4 is 44.4 Å². The van der Waals surface area contributed by atoms with Gasteiger partial charge in [-0.1, -0.05) is 30.3 Å². The second kappa shape index (κ2) is 8.10. The van der Waals surface area contributed by atoms with Crippen LogP contribution in [0.4, 0.5) is 0 Å². The molecule has 0 saturated heterocycles. The van der Waals surface area contributed by atoms with E-state index in [0.29, 0.717) is 16.3 Å². The minimum Gasteiger partial charge on any atom is -0.496 e. The molecule has 2 aromatic carbocycles. The molecule has 6 nitrogen and oxygen atoms in total. The number of sulfonamides is 1. The van der Waals surface area contributed by atoms with Crippen LogP contribution >= 0.6 is 23.4 Å². The number of imidazole rings is 1. The molecule has 3 aromatic rings. The van der Waals surface area contributed by atoms with Crippen molar-refractivity contribution in [3.63, 3.8) is 0 Å². The van der Waals surface area contributed by atoms with Crippen LogP contribution in [0, 0.1) is 0 Å². The molecule has 0 amide bonds. The van der Waals surface area contributed by atoms with Gasteiger partial charge in [0.25, 0.3) is 0 Å². The Morgan fingerprint density at radius 3 is 2.70 bits per heavy atom. The van der Waals surface area contributed by atoms with E-state index in [0.717, 1.165) is 35.0 Å². The lowest BCUT2D eigenvalue weighted by atomic mass is 10.2. The van der Waals surface area contributed by atoms with E-state index in [2.05, 4.69) is 16.5 Å². The second-order valence-electron chi connectivity index (χ2n) is 5.99. The third-order valence-electron chi connectivity index (χ3n) is 4.06. The third kappa shape index (κ3) is 4.40. The van der Waals surface area contributed by atoms with Gasteiger partial charge in [-0.2, -0.15) is 0 Å². The summed E-state index contributed by atoms with van der Waals surface area (Å²) in [4.78, 5) is 4.69. The van der Waals surface area contributed by atoms with Crippen molar-refractivity contribution < 1.29 is 13.2 Å². The van der Waals surface area contributed by atoms with Gasteiger partial charge >= 0.3 is 0 Å². The Bertz CT molecular complexity index is 1080. The molecule has 0 saturated carbocycles. The van der Waals surface area contributed by atoms with Crippen LogP contribution in [-0.4, -0.2) is 25.1 Å². The van der Waals surface area contributed by atoms with Crippen molar-refractivity contribution in [1.82, 2.24) is 9.55 Å². The van der Waals surface area contributed by atoms with Gasteiger partial charge in [0.05, 0.1) is 23.0 Å². The highest BCUT2D eigenvalue weighted by Crippen LogP contribution is 2.32. The average Bonchev–Trinajstić information content (AvgIpc) is 2.96. The zero-order valence-corrected chi connectivity index (χ0v) is 17.4. The largest absolute Gasteiger partial charge is 0.496 e. The van der Waals surface area contributed by atoms with Crippen molar-refractivity contribution in [2.45, 2.75) is 35.7 Å². The van der Waals surface area contributed by atoms with E-state index >= 15 is 0 Å². The number of benzene rings is 2. The van der Waals surface area contributed by atoms with Gasteiger partial charge in [0.15, 0.2) is 5.16 Å². The molecule has 144 valence electrons. The van der Waals surface area contributed by atoms with Gasteiger partial charge in [0, 0.05) is 22.9 Å². The lowest BCUT2D eigenvalue weighted by Gasteiger charge is -2.10. The van der Waals surface area contributed by atoms with Gasteiger partial charge in [-0.25, -0.2) is 18.5 Å². The van der Waals surface area contributed by atoms with E-state index in [-0.39, 0.29) is 4.90 Å². The highest BCUT2D eigenvalue weighted by Gasteiger charge is 2.16. The zero-order valence-electron chi connectivity index (χ0n) is 15.0. The van der Waals surface area contributed by atoms with Crippen LogP contribution in [0.5, 0.6) is 5.75 Å². The van der Waals surface area contributed by atoms with E-state index in [1.807, 2.05) is 12.1 Å². The smallest absolute Gasteiger partial charge is 0.238 e. The Labute approximate surface area is 167 Å². The van der Waals surface area contributed by atoms with Gasteiger partial charge in [-0.3, -0.25) is 0 Å². The minimum atomic E-state index is -3.77. The van der Waals surface area contributed by atoms with Crippen LogP contribution < -0.4 is 9.88 Å². The first-order chi connectivity index (χ1) is 12.8. The molecule has 9 heteroatoms. The molecule has 0 bridgehead atoms. The number of nitrogens with zero attached hydrogens (tertiary/aromatic N) is 2. The Balaban J connectivity index is 1.98. The topological polar surface area (TPSA) is 87.2 Å². The third-order valence-corrected chi connectivity index (χ3v) is 6.23. The first kappa shape index (κ1) is 20.0. The zero-order chi connectivity index (χ0) is 19.6. The normalized spacial score (nSPS) is 11.9. The number of nitrogens with two attached hydrogens (primary N) is 1. The summed E-state index contributed by atoms with van der Waals surface area (Å²) in [6.45, 7) is 2.86. The lowest BCUT2D eigenvalue weighted by Crippen LogP contribution is -2.11. The van der Waals surface area contributed by atoms with Crippen molar-refractivity contribution in [1.29, 1.82) is 0 Å². The van der Waals surface area contributed by atoms with Crippen LogP contribution in [0.25, 0.3) is 11.0 Å². The number of ether oxygens (including phenoxy) is 1. The summed E-state index contributed by atoms with van der Waals surface area (Å²) in [5.41, 5.74) is 2.45. The Morgan fingerprint density at radius 1 is 1.26 bits per heavy atom. The quantitative estimate of drug-likeness (QED) is 0.577. The van der Waals surface area contributed by atoms with Crippen molar-refractivity contribution in [2.75, 3.05) is 7.11 Å². The molecule has 0 atom stereocenters. The molecule has 27 heavy (non-hydrogen) atoms. The molecule has 0 fully saturated rings. The molecule has 2 N–H and O–H groups in total. The van der Waals surface area contributed by atoms with E-state index in [1.165, 1.54) is 12.1 Å². The van der Waals surface area contributed by atoms with Crippen molar-refractivity contribution in [3.8, 4) is 5.75 Å². The highest BCUT2D eigenvalue weighted by atomic mass is 35.5. The maximum atomic E-state index is 11.6. The van der Waals surface area contributed by atoms with Gasteiger partial charge in [0.1, 0.15) is 5.75 Å². The summed E-state index contributed by atoms with van der Waals surface area (Å²) in [6, 6.07) is 10.3. The van der Waals surface area contributed by atoms with Gasteiger partial charge in [-0.05, 0) is 42.8 Å². The predicted molar refractivity (Wildman–Crippen MR) is 109 cm³/mol. The number of rotatable bonds is 7. The summed E-state index contributed by atoms with van der Waals surface area (Å²) in [7, 11) is -2.14. The first-order valence-corrected chi connectivity index (χ1v) is 11.2. The number of fused-ring (bicyclic) bond motifs is 1. The van der Waals surface area contributed by atoms with Crippen LogP contribution in [0.3, 0.4) is 0 Å². The van der Waals surface area contributed by atoms with Gasteiger partial charge < -0.3 is 9.30 Å². The van der Waals surface area contributed by atoms with Crippen molar-refractivity contribution in [3.05, 3.63) is 47.0 Å². The number of aryl methyl sites for hydroxylation is 1. The molecular weight excluding hydrogens is 406 g/mol. The number of halogens is 1. The maximum Gasteiger partial charge on any atom is 0.238 e. The SMILES string of the molecule is CCCn1c(SCc2cc(Cl)ccc2OC)nc2cc(S(N)(=O)=O)ccc21. The fraction of sp³-hybridized carbons (Fsp3) is 0.278. The maximum absolute atomic E-state index is 11.6. The summed E-state index contributed by atoms with van der Waals surface area (Å²) in [5, 5.41) is 6.69. The fourth-order valence-corrected chi connectivity index (χ4v) is 4.56. The summed E-state index contributed by atoms with van der Waals surface area (Å²) < 4.78 is 30.7. The molecule has 0 unspecified atom stereocenters. The predicted octanol–water partition coefficient (Wildman–Crippen LogP) is 4.05. The molecule has 0 aliphatic heterocycles. The van der Waals surface area contributed by atoms with Crippen LogP contribution in [0.2, 0.25) is 5.02 Å². The second-order valence-corrected chi connectivity index (χ2v) is 8.93. The van der Waals surface area contributed by atoms with Crippen LogP contribution in [0.1, 0.15) is 18.9 Å². The molecule has 3 rings (SSSR count). The molecular formula is C18H20ClN3O3S2. The summed E-state index contributed by atoms with van der Waals surface area (Å²) >= 11 is 7.66. The Kier molecular flexibility index (Phi) is 6.00. The molecule has 1 heterocycles. The monoisotopic (exact) mass is 425 g/mol. The Hall–Kier alpha value is -1.74. The lowest BCUT2D eigenvalue weighted by molar-refractivity contribution is 0.411. The molecule has 0 aliphatic rings. The summed E-state index contributed by atoms with van der Waals surface area (Å²) in [6.07, 6.45) is 0.927. The number of hydrogen-bond donors (Lipinski definition) is 1. The number of primary sulfonamides is 1. The first-order valence-electron chi connectivity index (χ1n) is 8.31. The van der Waals surface area contributed by atoms with Gasteiger partial charge in [-0.15, -0.1) is 0 Å². The molecule has 0 aliphatic carbocycles. The number of hydrogen-bond acceptors (Lipinski definition) is 5. The van der Waals surface area contributed by atoms with Gasteiger partial charge in [0.2, 0.25) is 10.0 Å². The number of methoxy groups -OCH3 is 1.